The van der Waals surface area contributed by atoms with Gasteiger partial charge in [0.1, 0.15) is 0 Å². The molecule has 0 fully saturated rings. The van der Waals surface area contributed by atoms with Gasteiger partial charge < -0.3 is 4.74 Å². The van der Waals surface area contributed by atoms with Gasteiger partial charge in [-0.1, -0.05) is 24.3 Å². The zero-order valence-electron chi connectivity index (χ0n) is 12.1. The number of aryl methyl sites for hydroxylation is 2. The Morgan fingerprint density at radius 1 is 1.37 bits per heavy atom. The van der Waals surface area contributed by atoms with E-state index >= 15 is 0 Å². The summed E-state index contributed by atoms with van der Waals surface area (Å²) in [5, 5.41) is 0. The highest BCUT2D eigenvalue weighted by Gasteiger charge is 2.11. The number of carbonyl (C=O) groups excluding carboxylic acids is 1. The Morgan fingerprint density at radius 3 is 2.68 bits per heavy atom. The average molecular weight is 261 g/mol. The quantitative estimate of drug-likeness (QED) is 0.558. The normalized spacial score (nSPS) is 10.5. The van der Waals surface area contributed by atoms with Crippen LogP contribution in [0.15, 0.2) is 30.9 Å². The zero-order chi connectivity index (χ0) is 14.3. The van der Waals surface area contributed by atoms with E-state index in [0.29, 0.717) is 19.7 Å². The summed E-state index contributed by atoms with van der Waals surface area (Å²) >= 11 is 0. The van der Waals surface area contributed by atoms with Gasteiger partial charge in [-0.05, 0) is 37.5 Å². The first-order chi connectivity index (χ1) is 9.06. The maximum Gasteiger partial charge on any atom is 0.320 e. The van der Waals surface area contributed by atoms with Crippen molar-refractivity contribution in [2.24, 2.45) is 0 Å². The van der Waals surface area contributed by atoms with Crippen LogP contribution in [0.3, 0.4) is 0 Å². The lowest BCUT2D eigenvalue weighted by Gasteiger charge is -2.20. The molecule has 0 aliphatic rings. The number of hydrogen-bond donors (Lipinski definition) is 0. The molecule has 1 rings (SSSR count). The molecule has 1 aromatic carbocycles. The van der Waals surface area contributed by atoms with Gasteiger partial charge in [-0.25, -0.2) is 0 Å². The van der Waals surface area contributed by atoms with Gasteiger partial charge in [0.2, 0.25) is 0 Å². The molecule has 0 heterocycles. The molecule has 0 aliphatic heterocycles. The molecule has 0 saturated carbocycles. The predicted octanol–water partition coefficient (Wildman–Crippen LogP) is 2.85. The third-order valence-corrected chi connectivity index (χ3v) is 3.02. The molecule has 0 N–H and O–H groups in total. The van der Waals surface area contributed by atoms with E-state index in [-0.39, 0.29) is 5.97 Å². The van der Waals surface area contributed by atoms with Crippen molar-refractivity contribution < 1.29 is 9.53 Å². The highest BCUT2D eigenvalue weighted by molar-refractivity contribution is 5.71. The predicted molar refractivity (Wildman–Crippen MR) is 78.0 cm³/mol. The highest BCUT2D eigenvalue weighted by Crippen LogP contribution is 2.12. The summed E-state index contributed by atoms with van der Waals surface area (Å²) in [6.45, 7) is 11.9. The van der Waals surface area contributed by atoms with Gasteiger partial charge in [-0.2, -0.15) is 0 Å². The molecular weight excluding hydrogens is 238 g/mol. The molecule has 0 radical (unpaired) electrons. The van der Waals surface area contributed by atoms with Crippen LogP contribution < -0.4 is 0 Å². The number of esters is 1. The van der Waals surface area contributed by atoms with Crippen molar-refractivity contribution in [1.82, 2.24) is 4.90 Å². The van der Waals surface area contributed by atoms with Gasteiger partial charge in [0.15, 0.2) is 0 Å². The third kappa shape index (κ3) is 5.26. The Kier molecular flexibility index (Phi) is 6.30. The van der Waals surface area contributed by atoms with Crippen molar-refractivity contribution >= 4 is 5.97 Å². The van der Waals surface area contributed by atoms with Gasteiger partial charge in [0, 0.05) is 13.1 Å². The van der Waals surface area contributed by atoms with Gasteiger partial charge in [0.25, 0.3) is 0 Å². The van der Waals surface area contributed by atoms with Crippen molar-refractivity contribution in [3.63, 3.8) is 0 Å². The molecule has 0 spiro atoms. The first kappa shape index (κ1) is 15.4. The second-order valence-electron chi connectivity index (χ2n) is 4.68. The molecule has 0 aliphatic carbocycles. The Bertz CT molecular complexity index is 440. The molecule has 3 heteroatoms. The maximum atomic E-state index is 11.5. The van der Waals surface area contributed by atoms with Crippen molar-refractivity contribution in [1.29, 1.82) is 0 Å². The molecule has 104 valence electrons. The summed E-state index contributed by atoms with van der Waals surface area (Å²) in [5.41, 5.74) is 3.76. The summed E-state index contributed by atoms with van der Waals surface area (Å²) in [5.74, 6) is -0.187. The fourth-order valence-electron chi connectivity index (χ4n) is 1.92. The second kappa shape index (κ2) is 7.74. The van der Waals surface area contributed by atoms with Crippen LogP contribution in [0.2, 0.25) is 0 Å². The van der Waals surface area contributed by atoms with E-state index in [1.165, 1.54) is 16.7 Å². The minimum absolute atomic E-state index is 0.187. The molecule has 0 saturated heterocycles. The fourth-order valence-corrected chi connectivity index (χ4v) is 1.92. The van der Waals surface area contributed by atoms with Crippen molar-refractivity contribution in [2.45, 2.75) is 27.3 Å². The molecule has 0 aromatic heterocycles. The lowest BCUT2D eigenvalue weighted by Crippen LogP contribution is -2.30. The lowest BCUT2D eigenvalue weighted by molar-refractivity contribution is -0.144. The average Bonchev–Trinajstić information content (AvgIpc) is 2.34. The zero-order valence-corrected chi connectivity index (χ0v) is 12.1. The van der Waals surface area contributed by atoms with Crippen molar-refractivity contribution in [3.8, 4) is 0 Å². The summed E-state index contributed by atoms with van der Waals surface area (Å²) in [4.78, 5) is 13.6. The van der Waals surface area contributed by atoms with E-state index in [1.54, 1.807) is 6.08 Å². The Labute approximate surface area is 115 Å². The summed E-state index contributed by atoms with van der Waals surface area (Å²) < 4.78 is 4.98. The highest BCUT2D eigenvalue weighted by atomic mass is 16.5. The van der Waals surface area contributed by atoms with E-state index in [9.17, 15) is 4.79 Å². The Morgan fingerprint density at radius 2 is 2.11 bits per heavy atom. The van der Waals surface area contributed by atoms with E-state index < -0.39 is 0 Å². The van der Waals surface area contributed by atoms with Crippen LogP contribution in [0.25, 0.3) is 0 Å². The summed E-state index contributed by atoms with van der Waals surface area (Å²) in [7, 11) is 0. The largest absolute Gasteiger partial charge is 0.465 e. The van der Waals surface area contributed by atoms with Crippen LogP contribution in [-0.2, 0) is 16.1 Å². The maximum absolute atomic E-state index is 11.5. The Hall–Kier alpha value is -1.61. The monoisotopic (exact) mass is 261 g/mol. The van der Waals surface area contributed by atoms with Crippen LogP contribution in [0, 0.1) is 13.8 Å². The lowest BCUT2D eigenvalue weighted by atomic mass is 10.1. The van der Waals surface area contributed by atoms with E-state index in [0.717, 1.165) is 6.54 Å². The fraction of sp³-hybridized carbons (Fsp3) is 0.438. The van der Waals surface area contributed by atoms with E-state index in [2.05, 4.69) is 38.6 Å². The topological polar surface area (TPSA) is 29.5 Å². The standard InChI is InChI=1S/C16H23NO2/c1-5-9-17(12-16(18)19-6-2)11-15-8-7-13(3)14(4)10-15/h5,7-8,10H,1,6,9,11-12H2,2-4H3. The van der Waals surface area contributed by atoms with Gasteiger partial charge in [-0.15, -0.1) is 6.58 Å². The number of rotatable bonds is 7. The van der Waals surface area contributed by atoms with Gasteiger partial charge in [-0.3, -0.25) is 9.69 Å². The molecule has 0 bridgehead atoms. The number of carbonyl (C=O) groups is 1. The molecule has 3 nitrogen and oxygen atoms in total. The first-order valence-corrected chi connectivity index (χ1v) is 6.61. The van der Waals surface area contributed by atoms with Crippen molar-refractivity contribution in [2.75, 3.05) is 19.7 Å². The van der Waals surface area contributed by atoms with E-state index in [1.807, 2.05) is 11.8 Å². The van der Waals surface area contributed by atoms with E-state index in [4.69, 9.17) is 4.74 Å². The van der Waals surface area contributed by atoms with Gasteiger partial charge in [0.05, 0.1) is 13.2 Å². The first-order valence-electron chi connectivity index (χ1n) is 6.61. The SMILES string of the molecule is C=CCN(CC(=O)OCC)Cc1ccc(C)c(C)c1. The van der Waals surface area contributed by atoms with Crippen LogP contribution in [0.1, 0.15) is 23.6 Å². The number of hydrogen-bond acceptors (Lipinski definition) is 3. The summed E-state index contributed by atoms with van der Waals surface area (Å²) in [6, 6.07) is 6.38. The molecule has 0 unspecified atom stereocenters. The molecule has 19 heavy (non-hydrogen) atoms. The third-order valence-electron chi connectivity index (χ3n) is 3.02. The minimum Gasteiger partial charge on any atom is -0.465 e. The van der Waals surface area contributed by atoms with Gasteiger partial charge >= 0.3 is 5.97 Å². The van der Waals surface area contributed by atoms with Crippen molar-refractivity contribution in [3.05, 3.63) is 47.5 Å². The molecule has 1 aromatic rings. The van der Waals surface area contributed by atoms with Crippen LogP contribution in [0.5, 0.6) is 0 Å². The minimum atomic E-state index is -0.187. The van der Waals surface area contributed by atoms with Crippen LogP contribution in [-0.4, -0.2) is 30.6 Å². The van der Waals surface area contributed by atoms with Crippen LogP contribution >= 0.6 is 0 Å². The number of ether oxygens (including phenoxy) is 1. The van der Waals surface area contributed by atoms with Crippen LogP contribution in [0.4, 0.5) is 0 Å². The Balaban J connectivity index is 2.68. The summed E-state index contributed by atoms with van der Waals surface area (Å²) in [6.07, 6.45) is 1.81. The molecule has 0 atom stereocenters. The second-order valence-corrected chi connectivity index (χ2v) is 4.68. The molecule has 0 amide bonds. The number of nitrogens with zero attached hydrogens (tertiary/aromatic N) is 1. The molecular formula is C16H23NO2. The number of benzene rings is 1. The smallest absolute Gasteiger partial charge is 0.320 e.